The van der Waals surface area contributed by atoms with Crippen molar-refractivity contribution in [3.63, 3.8) is 0 Å². The Hall–Kier alpha value is -0.780. The van der Waals surface area contributed by atoms with Crippen molar-refractivity contribution in [2.24, 2.45) is 7.05 Å². The van der Waals surface area contributed by atoms with Gasteiger partial charge in [-0.1, -0.05) is 40.7 Å². The van der Waals surface area contributed by atoms with Gasteiger partial charge in [0, 0.05) is 28.5 Å². The summed E-state index contributed by atoms with van der Waals surface area (Å²) in [6, 6.07) is 8.34. The number of rotatable bonds is 5. The van der Waals surface area contributed by atoms with Crippen molar-refractivity contribution in [1.82, 2.24) is 15.1 Å². The topological polar surface area (TPSA) is 29.9 Å². The number of hydrogen-bond donors (Lipinski definition) is 1. The molecule has 0 aliphatic carbocycles. The monoisotopic (exact) mass is 339 g/mol. The smallest absolute Gasteiger partial charge is 0.103 e. The molecule has 3 nitrogen and oxygen atoms in total. The molecule has 0 bridgehead atoms. The molecule has 0 amide bonds. The molecule has 0 fully saturated rings. The van der Waals surface area contributed by atoms with Gasteiger partial charge in [-0.25, -0.2) is 0 Å². The van der Waals surface area contributed by atoms with Crippen LogP contribution in [0.5, 0.6) is 0 Å². The molecule has 0 radical (unpaired) electrons. The lowest BCUT2D eigenvalue weighted by molar-refractivity contribution is 0.674. The molecule has 1 heterocycles. The maximum Gasteiger partial charge on any atom is 0.103 e. The molecular formula is C14H18BrN3S. The minimum atomic E-state index is 0.868. The summed E-state index contributed by atoms with van der Waals surface area (Å²) in [6.45, 7) is 6.02. The fraction of sp³-hybridized carbons (Fsp3) is 0.357. The fourth-order valence-corrected chi connectivity index (χ4v) is 3.53. The van der Waals surface area contributed by atoms with E-state index >= 15 is 0 Å². The molecule has 19 heavy (non-hydrogen) atoms. The highest BCUT2D eigenvalue weighted by atomic mass is 79.9. The minimum absolute atomic E-state index is 0.868. The molecule has 0 unspecified atom stereocenters. The number of hydrogen-bond acceptors (Lipinski definition) is 3. The van der Waals surface area contributed by atoms with Gasteiger partial charge in [-0.2, -0.15) is 5.10 Å². The van der Waals surface area contributed by atoms with Gasteiger partial charge in [-0.3, -0.25) is 4.68 Å². The third-order valence-electron chi connectivity index (χ3n) is 2.85. The van der Waals surface area contributed by atoms with Crippen LogP contribution >= 0.6 is 27.7 Å². The standard InChI is InChI=1S/C14H18BrN3S/c1-4-16-9-13-10(2)17-18(3)14(13)19-12-7-5-6-11(15)8-12/h5-8,16H,4,9H2,1-3H3. The molecule has 102 valence electrons. The average Bonchev–Trinajstić information content (AvgIpc) is 2.62. The highest BCUT2D eigenvalue weighted by Gasteiger charge is 2.14. The van der Waals surface area contributed by atoms with Gasteiger partial charge in [0.1, 0.15) is 5.03 Å². The first-order chi connectivity index (χ1) is 9.11. The lowest BCUT2D eigenvalue weighted by Crippen LogP contribution is -2.12. The van der Waals surface area contributed by atoms with Crippen molar-refractivity contribution in [3.8, 4) is 0 Å². The Kier molecular flexibility index (Phi) is 5.07. The minimum Gasteiger partial charge on any atom is -0.313 e. The molecular weight excluding hydrogens is 322 g/mol. The lowest BCUT2D eigenvalue weighted by Gasteiger charge is -2.07. The summed E-state index contributed by atoms with van der Waals surface area (Å²) in [5.74, 6) is 0. The molecule has 5 heteroatoms. The van der Waals surface area contributed by atoms with Crippen LogP contribution in [-0.2, 0) is 13.6 Å². The van der Waals surface area contributed by atoms with E-state index in [1.165, 1.54) is 15.5 Å². The highest BCUT2D eigenvalue weighted by Crippen LogP contribution is 2.32. The first-order valence-electron chi connectivity index (χ1n) is 6.28. The highest BCUT2D eigenvalue weighted by molar-refractivity contribution is 9.10. The van der Waals surface area contributed by atoms with E-state index in [1.54, 1.807) is 11.8 Å². The number of nitrogens with zero attached hydrogens (tertiary/aromatic N) is 2. The molecule has 1 aromatic heterocycles. The van der Waals surface area contributed by atoms with E-state index in [4.69, 9.17) is 0 Å². The molecule has 0 aliphatic rings. The van der Waals surface area contributed by atoms with Crippen molar-refractivity contribution in [2.75, 3.05) is 6.54 Å². The average molecular weight is 340 g/mol. The van der Waals surface area contributed by atoms with E-state index in [1.807, 2.05) is 17.8 Å². The predicted molar refractivity (Wildman–Crippen MR) is 83.6 cm³/mol. The summed E-state index contributed by atoms with van der Waals surface area (Å²) in [7, 11) is 2.00. The van der Waals surface area contributed by atoms with E-state index in [2.05, 4.69) is 58.4 Å². The molecule has 2 rings (SSSR count). The summed E-state index contributed by atoms with van der Waals surface area (Å²) in [5, 5.41) is 9.11. The van der Waals surface area contributed by atoms with E-state index in [9.17, 15) is 0 Å². The van der Waals surface area contributed by atoms with Gasteiger partial charge in [0.2, 0.25) is 0 Å². The van der Waals surface area contributed by atoms with Gasteiger partial charge in [0.05, 0.1) is 5.69 Å². The fourth-order valence-electron chi connectivity index (χ4n) is 1.90. The van der Waals surface area contributed by atoms with Crippen LogP contribution in [0.15, 0.2) is 38.7 Å². The molecule has 1 N–H and O–H groups in total. The van der Waals surface area contributed by atoms with Gasteiger partial charge in [0.25, 0.3) is 0 Å². The van der Waals surface area contributed by atoms with Crippen molar-refractivity contribution in [2.45, 2.75) is 30.3 Å². The molecule has 0 spiro atoms. The van der Waals surface area contributed by atoms with Crippen molar-refractivity contribution in [3.05, 3.63) is 40.0 Å². The van der Waals surface area contributed by atoms with Crippen LogP contribution < -0.4 is 5.32 Å². The lowest BCUT2D eigenvalue weighted by atomic mass is 10.2. The zero-order chi connectivity index (χ0) is 13.8. The largest absolute Gasteiger partial charge is 0.313 e. The Bertz CT molecular complexity index is 566. The molecule has 2 aromatic rings. The number of nitrogens with one attached hydrogen (secondary N) is 1. The van der Waals surface area contributed by atoms with Crippen LogP contribution in [0.1, 0.15) is 18.2 Å². The van der Waals surface area contributed by atoms with Gasteiger partial charge in [-0.05, 0) is 31.7 Å². The first kappa shape index (κ1) is 14.6. The quantitative estimate of drug-likeness (QED) is 0.899. The Balaban J connectivity index is 2.28. The maximum absolute atomic E-state index is 4.53. The third kappa shape index (κ3) is 3.61. The van der Waals surface area contributed by atoms with Gasteiger partial charge in [0.15, 0.2) is 0 Å². The summed E-state index contributed by atoms with van der Waals surface area (Å²) in [4.78, 5) is 1.22. The van der Waals surface area contributed by atoms with E-state index in [0.717, 1.165) is 23.3 Å². The second-order valence-corrected chi connectivity index (χ2v) is 6.31. The summed E-state index contributed by atoms with van der Waals surface area (Å²) >= 11 is 5.27. The summed E-state index contributed by atoms with van der Waals surface area (Å²) < 4.78 is 3.07. The molecule has 0 saturated heterocycles. The van der Waals surface area contributed by atoms with Crippen LogP contribution in [0.2, 0.25) is 0 Å². The van der Waals surface area contributed by atoms with Crippen molar-refractivity contribution >= 4 is 27.7 Å². The number of aryl methyl sites for hydroxylation is 2. The molecule has 0 saturated carbocycles. The number of benzene rings is 1. The van der Waals surface area contributed by atoms with Gasteiger partial charge < -0.3 is 5.32 Å². The van der Waals surface area contributed by atoms with Crippen LogP contribution in [0.25, 0.3) is 0 Å². The Morgan fingerprint density at radius 2 is 2.21 bits per heavy atom. The van der Waals surface area contributed by atoms with Crippen LogP contribution in [0, 0.1) is 6.92 Å². The SMILES string of the molecule is CCNCc1c(C)nn(C)c1Sc1cccc(Br)c1. The zero-order valence-corrected chi connectivity index (χ0v) is 13.8. The second kappa shape index (κ2) is 6.59. The Morgan fingerprint density at radius 1 is 1.42 bits per heavy atom. The summed E-state index contributed by atoms with van der Waals surface area (Å²) in [6.07, 6.45) is 0. The summed E-state index contributed by atoms with van der Waals surface area (Å²) in [5.41, 5.74) is 2.38. The van der Waals surface area contributed by atoms with Crippen LogP contribution in [0.4, 0.5) is 0 Å². The van der Waals surface area contributed by atoms with E-state index in [0.29, 0.717) is 0 Å². The second-order valence-electron chi connectivity index (χ2n) is 4.33. The van der Waals surface area contributed by atoms with Crippen molar-refractivity contribution in [1.29, 1.82) is 0 Å². The molecule has 0 aliphatic heterocycles. The van der Waals surface area contributed by atoms with E-state index in [-0.39, 0.29) is 0 Å². The van der Waals surface area contributed by atoms with Crippen molar-refractivity contribution < 1.29 is 0 Å². The van der Waals surface area contributed by atoms with Gasteiger partial charge in [-0.15, -0.1) is 0 Å². The zero-order valence-electron chi connectivity index (χ0n) is 11.4. The van der Waals surface area contributed by atoms with Gasteiger partial charge >= 0.3 is 0 Å². The maximum atomic E-state index is 4.53. The normalized spacial score (nSPS) is 10.9. The Labute approximate surface area is 126 Å². The first-order valence-corrected chi connectivity index (χ1v) is 7.89. The molecule has 1 aromatic carbocycles. The third-order valence-corrected chi connectivity index (χ3v) is 4.54. The number of aromatic nitrogens is 2. The molecule has 0 atom stereocenters. The Morgan fingerprint density at radius 3 is 2.89 bits per heavy atom. The van der Waals surface area contributed by atoms with Crippen LogP contribution in [0.3, 0.4) is 0 Å². The predicted octanol–water partition coefficient (Wildman–Crippen LogP) is 3.75. The van der Waals surface area contributed by atoms with Crippen LogP contribution in [-0.4, -0.2) is 16.3 Å². The van der Waals surface area contributed by atoms with E-state index < -0.39 is 0 Å². The number of halogens is 1.